The van der Waals surface area contributed by atoms with E-state index in [4.69, 9.17) is 0 Å². The van der Waals surface area contributed by atoms with Crippen molar-refractivity contribution in [1.29, 1.82) is 0 Å². The molecule has 0 spiro atoms. The summed E-state index contributed by atoms with van der Waals surface area (Å²) in [5, 5.41) is 31.3. The monoisotopic (exact) mass is 360 g/mol. The number of carboxylic acids is 1. The van der Waals surface area contributed by atoms with Crippen molar-refractivity contribution in [2.24, 2.45) is 0 Å². The second kappa shape index (κ2) is 6.06. The molecule has 0 fully saturated rings. The molecule has 4 rings (SSSR count). The molecule has 0 aliphatic carbocycles. The number of nitrogens with zero attached hydrogens (tertiary/aromatic N) is 2. The largest absolute Gasteiger partial charge is 0.507 e. The van der Waals surface area contributed by atoms with Crippen LogP contribution in [0, 0.1) is 10.1 Å². The third-order valence-electron chi connectivity index (χ3n) is 4.40. The molecule has 0 atom stereocenters. The number of aromatic carboxylic acids is 1. The van der Waals surface area contributed by atoms with Gasteiger partial charge in [-0.1, -0.05) is 12.1 Å². The van der Waals surface area contributed by atoms with Crippen LogP contribution < -0.4 is 0 Å². The number of hydrogen-bond acceptors (Lipinski definition) is 5. The normalized spacial score (nSPS) is 11.0. The summed E-state index contributed by atoms with van der Waals surface area (Å²) in [5.74, 6) is -1.16. The van der Waals surface area contributed by atoms with Crippen LogP contribution in [0.2, 0.25) is 0 Å². The molecule has 0 saturated carbocycles. The molecule has 0 unspecified atom stereocenters. The predicted molar refractivity (Wildman–Crippen MR) is 100.0 cm³/mol. The number of aromatic nitrogens is 1. The smallest absolute Gasteiger partial charge is 0.337 e. The van der Waals surface area contributed by atoms with E-state index in [1.165, 1.54) is 24.3 Å². The molecule has 0 radical (unpaired) electrons. The summed E-state index contributed by atoms with van der Waals surface area (Å²) in [4.78, 5) is 26.2. The number of hydrogen-bond donors (Lipinski definition) is 2. The first-order valence-electron chi connectivity index (χ1n) is 7.98. The number of nitro benzene ring substituents is 1. The molecule has 0 amide bonds. The predicted octanol–water partition coefficient (Wildman–Crippen LogP) is 4.37. The van der Waals surface area contributed by atoms with Crippen LogP contribution >= 0.6 is 0 Å². The van der Waals surface area contributed by atoms with Crippen LogP contribution in [0.5, 0.6) is 5.75 Å². The molecule has 1 aromatic heterocycles. The minimum Gasteiger partial charge on any atom is -0.507 e. The Morgan fingerprint density at radius 1 is 0.963 bits per heavy atom. The van der Waals surface area contributed by atoms with E-state index in [2.05, 4.69) is 4.98 Å². The van der Waals surface area contributed by atoms with Gasteiger partial charge in [-0.2, -0.15) is 0 Å². The second-order valence-electron chi connectivity index (χ2n) is 6.03. The molecule has 0 aliphatic rings. The molecule has 7 nitrogen and oxygen atoms in total. The Bertz CT molecular complexity index is 1230. The van der Waals surface area contributed by atoms with Crippen LogP contribution in [0.15, 0.2) is 60.7 Å². The molecule has 27 heavy (non-hydrogen) atoms. The number of carboxylic acid groups (broad SMARTS) is 1. The maximum Gasteiger partial charge on any atom is 0.337 e. The Hall–Kier alpha value is -4.00. The van der Waals surface area contributed by atoms with Gasteiger partial charge in [-0.3, -0.25) is 10.1 Å². The second-order valence-corrected chi connectivity index (χ2v) is 6.03. The molecular formula is C20H12N2O5. The standard InChI is InChI=1S/C20H12N2O5/c23-18-8-7-15(20(24)25)19-16(18)9-13-2-1-12(10-17(13)21-19)11-3-5-14(6-4-11)22(26)27/h1-10,23H,(H,24,25). The highest BCUT2D eigenvalue weighted by atomic mass is 16.6. The number of pyridine rings is 1. The van der Waals surface area contributed by atoms with Gasteiger partial charge in [0.15, 0.2) is 0 Å². The number of carbonyl (C=O) groups is 1. The van der Waals surface area contributed by atoms with E-state index in [0.29, 0.717) is 10.9 Å². The average Bonchev–Trinajstić information content (AvgIpc) is 2.66. The van der Waals surface area contributed by atoms with Crippen LogP contribution in [-0.4, -0.2) is 26.1 Å². The number of phenols is 1. The van der Waals surface area contributed by atoms with Gasteiger partial charge in [-0.15, -0.1) is 0 Å². The SMILES string of the molecule is O=C(O)c1ccc(O)c2cc3ccc(-c4ccc([N+](=O)[O-])cc4)cc3nc12. The fraction of sp³-hybridized carbons (Fsp3) is 0. The summed E-state index contributed by atoms with van der Waals surface area (Å²) < 4.78 is 0. The van der Waals surface area contributed by atoms with Crippen molar-refractivity contribution in [3.05, 3.63) is 76.3 Å². The van der Waals surface area contributed by atoms with Crippen LogP contribution in [-0.2, 0) is 0 Å². The number of fused-ring (bicyclic) bond motifs is 2. The Balaban J connectivity index is 1.91. The Morgan fingerprint density at radius 3 is 2.33 bits per heavy atom. The van der Waals surface area contributed by atoms with Gasteiger partial charge in [0, 0.05) is 22.9 Å². The van der Waals surface area contributed by atoms with Gasteiger partial charge in [0.05, 0.1) is 21.5 Å². The van der Waals surface area contributed by atoms with Gasteiger partial charge in [0.25, 0.3) is 5.69 Å². The highest BCUT2D eigenvalue weighted by Crippen LogP contribution is 2.32. The summed E-state index contributed by atoms with van der Waals surface area (Å²) in [5.41, 5.74) is 2.35. The van der Waals surface area contributed by atoms with E-state index < -0.39 is 10.9 Å². The zero-order valence-corrected chi connectivity index (χ0v) is 13.8. The third kappa shape index (κ3) is 2.81. The fourth-order valence-electron chi connectivity index (χ4n) is 3.03. The number of nitro groups is 1. The van der Waals surface area contributed by atoms with Crippen LogP contribution in [0.1, 0.15) is 10.4 Å². The molecule has 0 aliphatic heterocycles. The Kier molecular flexibility index (Phi) is 3.70. The Labute approximate surface area is 152 Å². The van der Waals surface area contributed by atoms with Crippen molar-refractivity contribution in [2.45, 2.75) is 0 Å². The lowest BCUT2D eigenvalue weighted by Crippen LogP contribution is -1.99. The first kappa shape index (κ1) is 16.5. The van der Waals surface area contributed by atoms with Gasteiger partial charge in [-0.25, -0.2) is 9.78 Å². The van der Waals surface area contributed by atoms with E-state index in [-0.39, 0.29) is 22.5 Å². The first-order chi connectivity index (χ1) is 12.9. The van der Waals surface area contributed by atoms with E-state index in [0.717, 1.165) is 16.5 Å². The highest BCUT2D eigenvalue weighted by molar-refractivity contribution is 6.07. The van der Waals surface area contributed by atoms with Gasteiger partial charge >= 0.3 is 5.97 Å². The topological polar surface area (TPSA) is 114 Å². The third-order valence-corrected chi connectivity index (χ3v) is 4.40. The molecular weight excluding hydrogens is 348 g/mol. The molecule has 0 bridgehead atoms. The zero-order chi connectivity index (χ0) is 19.1. The molecule has 132 valence electrons. The minimum absolute atomic E-state index is 0.00485. The van der Waals surface area contributed by atoms with Crippen molar-refractivity contribution >= 4 is 33.5 Å². The van der Waals surface area contributed by atoms with Gasteiger partial charge in [0.1, 0.15) is 5.75 Å². The van der Waals surface area contributed by atoms with Crippen LogP contribution in [0.4, 0.5) is 5.69 Å². The van der Waals surface area contributed by atoms with Crippen LogP contribution in [0.3, 0.4) is 0 Å². The Morgan fingerprint density at radius 2 is 1.67 bits per heavy atom. The zero-order valence-electron chi connectivity index (χ0n) is 13.8. The van der Waals surface area contributed by atoms with E-state index in [1.807, 2.05) is 12.1 Å². The summed E-state index contributed by atoms with van der Waals surface area (Å²) in [7, 11) is 0. The summed E-state index contributed by atoms with van der Waals surface area (Å²) >= 11 is 0. The van der Waals surface area contributed by atoms with E-state index >= 15 is 0 Å². The lowest BCUT2D eigenvalue weighted by Gasteiger charge is -2.08. The van der Waals surface area contributed by atoms with Crippen LogP contribution in [0.25, 0.3) is 32.9 Å². The number of phenolic OH excluding ortho intramolecular Hbond substituents is 1. The fourth-order valence-corrected chi connectivity index (χ4v) is 3.03. The number of non-ortho nitro benzene ring substituents is 1. The molecule has 7 heteroatoms. The maximum atomic E-state index is 11.5. The van der Waals surface area contributed by atoms with E-state index in [1.54, 1.807) is 24.3 Å². The summed E-state index contributed by atoms with van der Waals surface area (Å²) in [6, 6.07) is 15.9. The number of rotatable bonds is 3. The molecule has 0 saturated heterocycles. The molecule has 4 aromatic rings. The van der Waals surface area contributed by atoms with E-state index in [9.17, 15) is 25.1 Å². The van der Waals surface area contributed by atoms with Crippen molar-refractivity contribution in [3.63, 3.8) is 0 Å². The van der Waals surface area contributed by atoms with Gasteiger partial charge in [-0.05, 0) is 47.5 Å². The quantitative estimate of drug-likeness (QED) is 0.319. The number of aromatic hydroxyl groups is 1. The summed E-state index contributed by atoms with van der Waals surface area (Å²) in [6.07, 6.45) is 0. The van der Waals surface area contributed by atoms with Crippen molar-refractivity contribution < 1.29 is 19.9 Å². The first-order valence-corrected chi connectivity index (χ1v) is 7.98. The number of benzene rings is 3. The van der Waals surface area contributed by atoms with Crippen molar-refractivity contribution in [3.8, 4) is 16.9 Å². The average molecular weight is 360 g/mol. The van der Waals surface area contributed by atoms with Gasteiger partial charge < -0.3 is 10.2 Å². The lowest BCUT2D eigenvalue weighted by atomic mass is 10.0. The minimum atomic E-state index is -1.13. The lowest BCUT2D eigenvalue weighted by molar-refractivity contribution is -0.384. The molecule has 3 aromatic carbocycles. The highest BCUT2D eigenvalue weighted by Gasteiger charge is 2.14. The van der Waals surface area contributed by atoms with Gasteiger partial charge in [0.2, 0.25) is 0 Å². The molecule has 1 heterocycles. The van der Waals surface area contributed by atoms with Crippen molar-refractivity contribution in [1.82, 2.24) is 4.98 Å². The molecule has 2 N–H and O–H groups in total. The maximum absolute atomic E-state index is 11.5. The summed E-state index contributed by atoms with van der Waals surface area (Å²) in [6.45, 7) is 0. The van der Waals surface area contributed by atoms with Crippen molar-refractivity contribution in [2.75, 3.05) is 0 Å².